The molecule has 2 unspecified atom stereocenters. The van der Waals surface area contributed by atoms with Gasteiger partial charge in [-0.25, -0.2) is 19.9 Å². The monoisotopic (exact) mass is 419 g/mol. The van der Waals surface area contributed by atoms with Crippen LogP contribution in [0.25, 0.3) is 20.8 Å². The highest BCUT2D eigenvalue weighted by molar-refractivity contribution is 7.21. The van der Waals surface area contributed by atoms with Crippen LogP contribution in [-0.2, 0) is 0 Å². The van der Waals surface area contributed by atoms with Crippen LogP contribution in [0.3, 0.4) is 0 Å². The summed E-state index contributed by atoms with van der Waals surface area (Å²) in [5.74, 6) is 1.55. The maximum Gasteiger partial charge on any atom is 0.229 e. The van der Waals surface area contributed by atoms with Crippen LogP contribution in [-0.4, -0.2) is 42.7 Å². The molecular formula is C21H21N7OS. The Labute approximate surface area is 177 Å². The van der Waals surface area contributed by atoms with Gasteiger partial charge in [-0.1, -0.05) is 12.1 Å². The molecule has 1 aromatic carbocycles. The van der Waals surface area contributed by atoms with Gasteiger partial charge in [0, 0.05) is 18.8 Å². The summed E-state index contributed by atoms with van der Waals surface area (Å²) in [4.78, 5) is 22.1. The Morgan fingerprint density at radius 3 is 2.73 bits per heavy atom. The van der Waals surface area contributed by atoms with Gasteiger partial charge < -0.3 is 15.7 Å². The Morgan fingerprint density at radius 2 is 1.93 bits per heavy atom. The Hall–Kier alpha value is -3.17. The minimum Gasteiger partial charge on any atom is -0.396 e. The third-order valence-corrected chi connectivity index (χ3v) is 6.34. The molecule has 8 nitrogen and oxygen atoms in total. The number of thiazole rings is 1. The fourth-order valence-electron chi connectivity index (χ4n) is 3.75. The highest BCUT2D eigenvalue weighted by Gasteiger charge is 2.25. The summed E-state index contributed by atoms with van der Waals surface area (Å²) in [6.45, 7) is 0.230. The number of hydrogen-bond donors (Lipinski definition) is 3. The molecule has 1 saturated carbocycles. The number of aliphatic hydroxyl groups is 1. The van der Waals surface area contributed by atoms with Crippen LogP contribution in [0.2, 0.25) is 0 Å². The number of aromatic nitrogens is 5. The van der Waals surface area contributed by atoms with Crippen LogP contribution in [0.1, 0.15) is 19.3 Å². The second-order valence-corrected chi connectivity index (χ2v) is 8.43. The van der Waals surface area contributed by atoms with E-state index in [9.17, 15) is 5.11 Å². The first-order valence-electron chi connectivity index (χ1n) is 9.91. The summed E-state index contributed by atoms with van der Waals surface area (Å²) >= 11 is 1.63. The van der Waals surface area contributed by atoms with Gasteiger partial charge in [0.05, 0.1) is 33.9 Å². The molecule has 0 saturated heterocycles. The highest BCUT2D eigenvalue weighted by atomic mass is 32.1. The van der Waals surface area contributed by atoms with Crippen molar-refractivity contribution in [1.29, 1.82) is 0 Å². The van der Waals surface area contributed by atoms with E-state index in [0.29, 0.717) is 11.9 Å². The van der Waals surface area contributed by atoms with Crippen molar-refractivity contribution in [3.63, 3.8) is 0 Å². The van der Waals surface area contributed by atoms with E-state index in [1.807, 2.05) is 18.2 Å². The molecule has 3 heterocycles. The van der Waals surface area contributed by atoms with Crippen molar-refractivity contribution in [2.75, 3.05) is 17.2 Å². The second-order valence-electron chi connectivity index (χ2n) is 7.40. The standard InChI is InChI=1S/C21H21N7OS/c29-11-13-5-6-14(7-13)25-19-16(20-27-17-3-1-2-4-18(17)30-20)10-24-21(28-19)26-15-8-22-12-23-9-15/h1-4,8-10,12-14,29H,5-7,11H2,(H2,24,25,26,28). The van der Waals surface area contributed by atoms with Crippen molar-refractivity contribution < 1.29 is 5.11 Å². The first-order chi connectivity index (χ1) is 14.8. The third-order valence-electron chi connectivity index (χ3n) is 5.27. The topological polar surface area (TPSA) is 109 Å². The maximum atomic E-state index is 9.49. The van der Waals surface area contributed by atoms with Crippen LogP contribution in [0.5, 0.6) is 0 Å². The minimum absolute atomic E-state index is 0.230. The summed E-state index contributed by atoms with van der Waals surface area (Å²) in [5, 5.41) is 17.1. The summed E-state index contributed by atoms with van der Waals surface area (Å²) in [5.41, 5.74) is 2.56. The first kappa shape index (κ1) is 18.8. The Morgan fingerprint density at radius 1 is 1.07 bits per heavy atom. The highest BCUT2D eigenvalue weighted by Crippen LogP contribution is 2.36. The fourth-order valence-corrected chi connectivity index (χ4v) is 4.73. The summed E-state index contributed by atoms with van der Waals surface area (Å²) < 4.78 is 1.13. The molecule has 0 aliphatic heterocycles. The number of para-hydroxylation sites is 1. The molecule has 152 valence electrons. The molecule has 4 aromatic rings. The van der Waals surface area contributed by atoms with Crippen molar-refractivity contribution >= 4 is 39.0 Å². The molecule has 2 atom stereocenters. The molecule has 0 spiro atoms. The van der Waals surface area contributed by atoms with Gasteiger partial charge in [-0.05, 0) is 37.3 Å². The molecule has 3 aromatic heterocycles. The van der Waals surface area contributed by atoms with E-state index >= 15 is 0 Å². The quantitative estimate of drug-likeness (QED) is 0.432. The zero-order valence-corrected chi connectivity index (χ0v) is 17.0. The van der Waals surface area contributed by atoms with E-state index in [1.54, 1.807) is 29.9 Å². The van der Waals surface area contributed by atoms with Crippen LogP contribution in [0, 0.1) is 5.92 Å². The number of nitrogens with zero attached hydrogens (tertiary/aromatic N) is 5. The average molecular weight is 420 g/mol. The summed E-state index contributed by atoms with van der Waals surface area (Å²) in [7, 11) is 0. The van der Waals surface area contributed by atoms with Crippen LogP contribution < -0.4 is 10.6 Å². The van der Waals surface area contributed by atoms with Crippen molar-refractivity contribution in [1.82, 2.24) is 24.9 Å². The van der Waals surface area contributed by atoms with Crippen LogP contribution >= 0.6 is 11.3 Å². The number of rotatable bonds is 6. The van der Waals surface area contributed by atoms with Crippen molar-refractivity contribution in [2.24, 2.45) is 5.92 Å². The van der Waals surface area contributed by atoms with Crippen molar-refractivity contribution in [3.05, 3.63) is 49.2 Å². The lowest BCUT2D eigenvalue weighted by Crippen LogP contribution is -2.18. The third kappa shape index (κ3) is 3.94. The number of nitrogens with one attached hydrogen (secondary N) is 2. The summed E-state index contributed by atoms with van der Waals surface area (Å²) in [6, 6.07) is 8.35. The van der Waals surface area contributed by atoms with E-state index < -0.39 is 0 Å². The molecule has 9 heteroatoms. The normalized spacial score (nSPS) is 18.6. The molecule has 0 radical (unpaired) electrons. The Kier molecular flexibility index (Phi) is 5.20. The van der Waals surface area contributed by atoms with Gasteiger partial charge >= 0.3 is 0 Å². The lowest BCUT2D eigenvalue weighted by atomic mass is 10.1. The molecule has 5 rings (SSSR count). The van der Waals surface area contributed by atoms with Gasteiger partial charge in [0.2, 0.25) is 5.95 Å². The lowest BCUT2D eigenvalue weighted by Gasteiger charge is -2.16. The van der Waals surface area contributed by atoms with Gasteiger partial charge in [0.25, 0.3) is 0 Å². The molecule has 1 aliphatic rings. The molecule has 1 fully saturated rings. The van der Waals surface area contributed by atoms with Crippen molar-refractivity contribution in [3.8, 4) is 10.6 Å². The maximum absolute atomic E-state index is 9.49. The van der Waals surface area contributed by atoms with Gasteiger partial charge in [0.15, 0.2) is 0 Å². The van der Waals surface area contributed by atoms with Crippen LogP contribution in [0.4, 0.5) is 17.5 Å². The van der Waals surface area contributed by atoms with Gasteiger partial charge in [-0.15, -0.1) is 11.3 Å². The first-order valence-corrected chi connectivity index (χ1v) is 10.7. The largest absolute Gasteiger partial charge is 0.396 e. The van der Waals surface area contributed by atoms with Crippen LogP contribution in [0.15, 0.2) is 49.2 Å². The molecular weight excluding hydrogens is 398 g/mol. The predicted molar refractivity (Wildman–Crippen MR) is 118 cm³/mol. The molecule has 3 N–H and O–H groups in total. The zero-order valence-electron chi connectivity index (χ0n) is 16.2. The summed E-state index contributed by atoms with van der Waals surface area (Å²) in [6.07, 6.45) is 9.58. The molecule has 0 amide bonds. The fraction of sp³-hybridized carbons (Fsp3) is 0.286. The molecule has 0 bridgehead atoms. The predicted octanol–water partition coefficient (Wildman–Crippen LogP) is 3.86. The number of aliphatic hydroxyl groups excluding tert-OH is 1. The van der Waals surface area contributed by atoms with E-state index in [4.69, 9.17) is 9.97 Å². The Bertz CT molecular complexity index is 1120. The minimum atomic E-state index is 0.230. The molecule has 30 heavy (non-hydrogen) atoms. The van der Waals surface area contributed by atoms with Gasteiger partial charge in [-0.2, -0.15) is 4.98 Å². The number of fused-ring (bicyclic) bond motifs is 1. The number of anilines is 3. The SMILES string of the molecule is OCC1CCC(Nc2nc(Nc3cncnc3)ncc2-c2nc3ccccc3s2)C1. The number of benzene rings is 1. The zero-order chi connectivity index (χ0) is 20.3. The second kappa shape index (κ2) is 8.29. The van der Waals surface area contributed by atoms with E-state index in [2.05, 4.69) is 31.7 Å². The molecule has 1 aliphatic carbocycles. The lowest BCUT2D eigenvalue weighted by molar-refractivity contribution is 0.229. The Balaban J connectivity index is 1.49. The van der Waals surface area contributed by atoms with Crippen molar-refractivity contribution in [2.45, 2.75) is 25.3 Å². The van der Waals surface area contributed by atoms with E-state index in [-0.39, 0.29) is 12.6 Å². The average Bonchev–Trinajstić information content (AvgIpc) is 3.41. The smallest absolute Gasteiger partial charge is 0.229 e. The number of hydrogen-bond acceptors (Lipinski definition) is 9. The van der Waals surface area contributed by atoms with E-state index in [1.165, 1.54) is 6.33 Å². The van der Waals surface area contributed by atoms with Gasteiger partial charge in [0.1, 0.15) is 17.2 Å². The van der Waals surface area contributed by atoms with E-state index in [0.717, 1.165) is 51.6 Å². The van der Waals surface area contributed by atoms with Gasteiger partial charge in [-0.3, -0.25) is 0 Å².